The van der Waals surface area contributed by atoms with E-state index in [9.17, 15) is 4.79 Å². The molecule has 7 nitrogen and oxygen atoms in total. The highest BCUT2D eigenvalue weighted by Crippen LogP contribution is 2.34. The molecule has 1 aliphatic heterocycles. The first kappa shape index (κ1) is 22.0. The molecule has 36 heavy (non-hydrogen) atoms. The van der Waals surface area contributed by atoms with Gasteiger partial charge < -0.3 is 15.1 Å². The number of carbonyl (C=O) groups excluding carboxylic acids is 1. The van der Waals surface area contributed by atoms with Gasteiger partial charge >= 0.3 is 5.97 Å². The highest BCUT2D eigenvalue weighted by Gasteiger charge is 2.20. The standard InChI is InChI=1S/C29H25N5O2/c1-18-23(8-5-9-25(18)33-34-15-21-6-3-4-7-22(21)16-34)27-24-14-26(32-28(24)31-17-30-27)19-10-12-20(13-11-19)29(35)36-2/h3-14,17,33H,15-16H2,1-2H3,(H,30,31,32). The Labute approximate surface area is 208 Å². The van der Waals surface area contributed by atoms with Crippen molar-refractivity contribution in [2.75, 3.05) is 12.5 Å². The molecule has 3 heterocycles. The maximum absolute atomic E-state index is 11.8. The van der Waals surface area contributed by atoms with Crippen LogP contribution in [0.15, 0.2) is 79.1 Å². The van der Waals surface area contributed by atoms with Crippen molar-refractivity contribution >= 4 is 22.7 Å². The van der Waals surface area contributed by atoms with Gasteiger partial charge in [0.1, 0.15) is 12.0 Å². The van der Waals surface area contributed by atoms with Gasteiger partial charge in [-0.1, -0.05) is 48.5 Å². The number of aromatic amines is 1. The van der Waals surface area contributed by atoms with Crippen molar-refractivity contribution in [3.05, 3.63) is 101 Å². The van der Waals surface area contributed by atoms with Gasteiger partial charge in [0, 0.05) is 29.7 Å². The van der Waals surface area contributed by atoms with Crippen LogP contribution >= 0.6 is 0 Å². The van der Waals surface area contributed by atoms with E-state index in [2.05, 4.69) is 80.8 Å². The van der Waals surface area contributed by atoms with Gasteiger partial charge in [-0.25, -0.2) is 19.8 Å². The van der Waals surface area contributed by atoms with Crippen molar-refractivity contribution in [3.63, 3.8) is 0 Å². The van der Waals surface area contributed by atoms with E-state index in [4.69, 9.17) is 4.74 Å². The second kappa shape index (κ2) is 8.94. The van der Waals surface area contributed by atoms with Crippen molar-refractivity contribution in [2.24, 2.45) is 0 Å². The van der Waals surface area contributed by atoms with Crippen LogP contribution in [0.25, 0.3) is 33.5 Å². The Balaban J connectivity index is 1.32. The molecule has 1 aliphatic rings. The number of rotatable bonds is 5. The minimum absolute atomic E-state index is 0.354. The van der Waals surface area contributed by atoms with Crippen LogP contribution in [-0.4, -0.2) is 33.0 Å². The summed E-state index contributed by atoms with van der Waals surface area (Å²) in [7, 11) is 1.38. The smallest absolute Gasteiger partial charge is 0.337 e. The SMILES string of the molecule is COC(=O)c1ccc(-c2cc3c(-c4cccc(NN5Cc6ccccc6C5)c4C)ncnc3[nH]2)cc1. The number of carbonyl (C=O) groups is 1. The van der Waals surface area contributed by atoms with Crippen molar-refractivity contribution in [3.8, 4) is 22.5 Å². The molecule has 0 aliphatic carbocycles. The van der Waals surface area contributed by atoms with E-state index in [1.165, 1.54) is 18.2 Å². The summed E-state index contributed by atoms with van der Waals surface area (Å²) in [6, 6.07) is 24.2. The van der Waals surface area contributed by atoms with E-state index < -0.39 is 0 Å². The van der Waals surface area contributed by atoms with Gasteiger partial charge in [0.05, 0.1) is 24.1 Å². The lowest BCUT2D eigenvalue weighted by Crippen LogP contribution is -2.24. The van der Waals surface area contributed by atoms with E-state index in [0.29, 0.717) is 5.56 Å². The van der Waals surface area contributed by atoms with Gasteiger partial charge in [0.2, 0.25) is 0 Å². The van der Waals surface area contributed by atoms with Crippen LogP contribution < -0.4 is 5.43 Å². The number of nitrogens with one attached hydrogen (secondary N) is 2. The Morgan fingerprint density at radius 1 is 0.972 bits per heavy atom. The average molecular weight is 476 g/mol. The number of hydrazine groups is 1. The third-order valence-electron chi connectivity index (χ3n) is 6.75. The van der Waals surface area contributed by atoms with Gasteiger partial charge in [-0.15, -0.1) is 0 Å². The third kappa shape index (κ3) is 3.89. The van der Waals surface area contributed by atoms with Crippen molar-refractivity contribution in [2.45, 2.75) is 20.0 Å². The molecule has 2 aromatic heterocycles. The predicted molar refractivity (Wildman–Crippen MR) is 140 cm³/mol. The highest BCUT2D eigenvalue weighted by atomic mass is 16.5. The Hall–Kier alpha value is -4.49. The largest absolute Gasteiger partial charge is 0.465 e. The summed E-state index contributed by atoms with van der Waals surface area (Å²) in [5.41, 5.74) is 13.6. The maximum atomic E-state index is 11.8. The molecule has 0 fully saturated rings. The van der Waals surface area contributed by atoms with Crippen LogP contribution in [0.2, 0.25) is 0 Å². The quantitative estimate of drug-likeness (QED) is 0.316. The fourth-order valence-electron chi connectivity index (χ4n) is 4.81. The second-order valence-electron chi connectivity index (χ2n) is 8.95. The van der Waals surface area contributed by atoms with Crippen molar-refractivity contribution in [1.29, 1.82) is 0 Å². The number of nitrogens with zero attached hydrogens (tertiary/aromatic N) is 3. The van der Waals surface area contributed by atoms with E-state index >= 15 is 0 Å². The zero-order chi connectivity index (χ0) is 24.6. The molecule has 0 spiro atoms. The average Bonchev–Trinajstić information content (AvgIpc) is 3.53. The van der Waals surface area contributed by atoms with Gasteiger partial charge in [0.25, 0.3) is 0 Å². The molecule has 0 amide bonds. The molecule has 6 rings (SSSR count). The molecule has 178 valence electrons. The molecule has 0 bridgehead atoms. The maximum Gasteiger partial charge on any atom is 0.337 e. The summed E-state index contributed by atoms with van der Waals surface area (Å²) < 4.78 is 4.80. The van der Waals surface area contributed by atoms with Crippen LogP contribution in [-0.2, 0) is 17.8 Å². The number of ether oxygens (including phenoxy) is 1. The van der Waals surface area contributed by atoms with Gasteiger partial charge in [-0.3, -0.25) is 0 Å². The lowest BCUT2D eigenvalue weighted by Gasteiger charge is -2.21. The Morgan fingerprint density at radius 2 is 1.72 bits per heavy atom. The first-order valence-electron chi connectivity index (χ1n) is 11.8. The lowest BCUT2D eigenvalue weighted by atomic mass is 10.0. The molecular weight excluding hydrogens is 450 g/mol. The van der Waals surface area contributed by atoms with Gasteiger partial charge in [-0.2, -0.15) is 0 Å². The van der Waals surface area contributed by atoms with E-state index in [0.717, 1.165) is 57.9 Å². The molecule has 0 saturated heterocycles. The molecule has 5 aromatic rings. The minimum atomic E-state index is -0.354. The summed E-state index contributed by atoms with van der Waals surface area (Å²) in [6.07, 6.45) is 1.59. The van der Waals surface area contributed by atoms with Crippen LogP contribution in [0.5, 0.6) is 0 Å². The summed E-state index contributed by atoms with van der Waals surface area (Å²) in [4.78, 5) is 24.3. The molecule has 7 heteroatoms. The summed E-state index contributed by atoms with van der Waals surface area (Å²) in [6.45, 7) is 3.86. The van der Waals surface area contributed by atoms with Crippen LogP contribution in [0.4, 0.5) is 5.69 Å². The summed E-state index contributed by atoms with van der Waals surface area (Å²) >= 11 is 0. The normalized spacial score (nSPS) is 13.1. The molecule has 0 radical (unpaired) electrons. The van der Waals surface area contributed by atoms with Crippen LogP contribution in [0, 0.1) is 6.92 Å². The van der Waals surface area contributed by atoms with Crippen molar-refractivity contribution in [1.82, 2.24) is 20.0 Å². The zero-order valence-corrected chi connectivity index (χ0v) is 20.1. The van der Waals surface area contributed by atoms with E-state index in [1.807, 2.05) is 12.1 Å². The number of H-pyrrole nitrogens is 1. The number of benzene rings is 3. The van der Waals surface area contributed by atoms with Crippen LogP contribution in [0.1, 0.15) is 27.0 Å². The summed E-state index contributed by atoms with van der Waals surface area (Å²) in [5.74, 6) is -0.354. The minimum Gasteiger partial charge on any atom is -0.465 e. The number of anilines is 1. The second-order valence-corrected chi connectivity index (χ2v) is 8.95. The third-order valence-corrected chi connectivity index (χ3v) is 6.75. The zero-order valence-electron chi connectivity index (χ0n) is 20.1. The van der Waals surface area contributed by atoms with Crippen molar-refractivity contribution < 1.29 is 9.53 Å². The number of esters is 1. The van der Waals surface area contributed by atoms with Gasteiger partial charge in [0.15, 0.2) is 0 Å². The van der Waals surface area contributed by atoms with E-state index in [-0.39, 0.29) is 5.97 Å². The molecule has 0 saturated carbocycles. The van der Waals surface area contributed by atoms with Crippen LogP contribution in [0.3, 0.4) is 0 Å². The Bertz CT molecular complexity index is 1560. The number of methoxy groups -OCH3 is 1. The molecular formula is C29H25N5O2. The fourth-order valence-corrected chi connectivity index (χ4v) is 4.81. The van der Waals surface area contributed by atoms with Gasteiger partial charge in [-0.05, 0) is 53.4 Å². The predicted octanol–water partition coefficient (Wildman–Crippen LogP) is 5.73. The number of hydrogen-bond acceptors (Lipinski definition) is 6. The first-order chi connectivity index (χ1) is 17.6. The topological polar surface area (TPSA) is 83.1 Å². The number of hydrogen-bond donors (Lipinski definition) is 2. The molecule has 0 unspecified atom stereocenters. The molecule has 2 N–H and O–H groups in total. The Morgan fingerprint density at radius 3 is 2.44 bits per heavy atom. The molecule has 3 aromatic carbocycles. The number of aromatic nitrogens is 3. The monoisotopic (exact) mass is 475 g/mol. The highest BCUT2D eigenvalue weighted by molar-refractivity contribution is 5.96. The number of fused-ring (bicyclic) bond motifs is 2. The molecule has 0 atom stereocenters. The first-order valence-corrected chi connectivity index (χ1v) is 11.8. The Kier molecular flexibility index (Phi) is 5.47. The van der Waals surface area contributed by atoms with E-state index in [1.54, 1.807) is 18.5 Å². The summed E-state index contributed by atoms with van der Waals surface area (Å²) in [5, 5.41) is 3.18. The lowest BCUT2D eigenvalue weighted by molar-refractivity contribution is 0.0600. The fraction of sp³-hybridized carbons (Fsp3) is 0.138.